The summed E-state index contributed by atoms with van der Waals surface area (Å²) in [4.78, 5) is 29.9. The molecule has 29 heavy (non-hydrogen) atoms. The molecule has 1 aliphatic carbocycles. The van der Waals surface area contributed by atoms with Gasteiger partial charge in [-0.25, -0.2) is 4.98 Å². The first kappa shape index (κ1) is 23.1. The van der Waals surface area contributed by atoms with Crippen molar-refractivity contribution in [3.8, 4) is 0 Å². The molecule has 1 unspecified atom stereocenters. The minimum atomic E-state index is -0.521. The highest BCUT2D eigenvalue weighted by Crippen LogP contribution is 2.27. The Morgan fingerprint density at radius 2 is 1.93 bits per heavy atom. The average molecular weight is 404 g/mol. The third-order valence-corrected chi connectivity index (χ3v) is 6.05. The van der Waals surface area contributed by atoms with Crippen molar-refractivity contribution in [2.45, 2.75) is 77.4 Å². The molecule has 2 amide bonds. The number of nitrogens with two attached hydrogens (primary N) is 1. The molecule has 0 saturated heterocycles. The minimum Gasteiger partial charge on any atom is -0.384 e. The van der Waals surface area contributed by atoms with Gasteiger partial charge >= 0.3 is 0 Å². The number of hydrogen-bond donors (Lipinski definition) is 4. The van der Waals surface area contributed by atoms with E-state index in [1.165, 1.54) is 19.3 Å². The van der Waals surface area contributed by atoms with E-state index in [1.807, 2.05) is 13.0 Å². The Bertz CT molecular complexity index is 643. The van der Waals surface area contributed by atoms with Crippen molar-refractivity contribution in [2.75, 3.05) is 12.8 Å². The largest absolute Gasteiger partial charge is 0.384 e. The van der Waals surface area contributed by atoms with Crippen LogP contribution in [-0.2, 0) is 16.1 Å². The Labute approximate surface area is 174 Å². The van der Waals surface area contributed by atoms with Crippen molar-refractivity contribution < 1.29 is 9.59 Å². The number of nitrogens with one attached hydrogen (secondary N) is 3. The topological polar surface area (TPSA) is 109 Å². The standard InChI is InChI=1S/C22H37N5O2/c1-4-15(2)20(24-3)22(29)27-18(12-16-8-6-5-7-9-16)21(28)26-14-17-10-11-19(23)25-13-17/h10-11,13,15-16,18,20,24H,4-9,12,14H2,1-3H3,(H2,23,25)(H,26,28)(H,27,29)/t15?,18-,20-/m0/s1. The van der Waals surface area contributed by atoms with Gasteiger partial charge < -0.3 is 21.7 Å². The van der Waals surface area contributed by atoms with Gasteiger partial charge in [-0.3, -0.25) is 9.59 Å². The average Bonchev–Trinajstić information content (AvgIpc) is 2.73. The fraction of sp³-hybridized carbons (Fsp3) is 0.682. The summed E-state index contributed by atoms with van der Waals surface area (Å²) in [6.07, 6.45) is 9.16. The van der Waals surface area contributed by atoms with Gasteiger partial charge in [0.25, 0.3) is 0 Å². The van der Waals surface area contributed by atoms with Crippen molar-refractivity contribution in [1.82, 2.24) is 20.9 Å². The maximum atomic E-state index is 13.0. The van der Waals surface area contributed by atoms with Gasteiger partial charge in [-0.05, 0) is 36.9 Å². The van der Waals surface area contributed by atoms with Crippen LogP contribution in [0.1, 0.15) is 64.4 Å². The number of rotatable bonds is 10. The van der Waals surface area contributed by atoms with E-state index in [2.05, 4.69) is 27.9 Å². The van der Waals surface area contributed by atoms with Gasteiger partial charge in [0.15, 0.2) is 0 Å². The highest BCUT2D eigenvalue weighted by atomic mass is 16.2. The smallest absolute Gasteiger partial charge is 0.242 e. The summed E-state index contributed by atoms with van der Waals surface area (Å²) in [5.74, 6) is 0.881. The zero-order valence-corrected chi connectivity index (χ0v) is 18.0. The Morgan fingerprint density at radius 3 is 2.52 bits per heavy atom. The summed E-state index contributed by atoms with van der Waals surface area (Å²) in [5.41, 5.74) is 6.49. The van der Waals surface area contributed by atoms with Crippen LogP contribution in [0.2, 0.25) is 0 Å². The molecule has 0 bridgehead atoms. The second kappa shape index (κ2) is 11.8. The van der Waals surface area contributed by atoms with E-state index in [4.69, 9.17) is 5.73 Å². The van der Waals surface area contributed by atoms with E-state index >= 15 is 0 Å². The van der Waals surface area contributed by atoms with Crippen LogP contribution in [0, 0.1) is 11.8 Å². The Kier molecular flexibility index (Phi) is 9.38. The third kappa shape index (κ3) is 7.31. The number of nitrogen functional groups attached to an aromatic ring is 1. The first-order valence-electron chi connectivity index (χ1n) is 10.9. The van der Waals surface area contributed by atoms with Gasteiger partial charge in [0.2, 0.25) is 11.8 Å². The fourth-order valence-electron chi connectivity index (χ4n) is 4.01. The van der Waals surface area contributed by atoms with E-state index in [-0.39, 0.29) is 23.8 Å². The second-order valence-electron chi connectivity index (χ2n) is 8.26. The summed E-state index contributed by atoms with van der Waals surface area (Å²) < 4.78 is 0. The highest BCUT2D eigenvalue weighted by molar-refractivity contribution is 5.89. The fourth-order valence-corrected chi connectivity index (χ4v) is 4.01. The van der Waals surface area contributed by atoms with Crippen LogP contribution in [0.25, 0.3) is 0 Å². The summed E-state index contributed by atoms with van der Waals surface area (Å²) >= 11 is 0. The van der Waals surface area contributed by atoms with Gasteiger partial charge in [-0.1, -0.05) is 58.4 Å². The van der Waals surface area contributed by atoms with Crippen molar-refractivity contribution in [1.29, 1.82) is 0 Å². The summed E-state index contributed by atoms with van der Waals surface area (Å²) in [5, 5.41) is 9.09. The summed E-state index contributed by atoms with van der Waals surface area (Å²) in [6.45, 7) is 4.48. The number of amides is 2. The molecule has 1 aliphatic rings. The number of anilines is 1. The van der Waals surface area contributed by atoms with E-state index in [0.29, 0.717) is 24.7 Å². The third-order valence-electron chi connectivity index (χ3n) is 6.05. The predicted octanol–water partition coefficient (Wildman–Crippen LogP) is 2.37. The lowest BCUT2D eigenvalue weighted by molar-refractivity contribution is -0.131. The van der Waals surface area contributed by atoms with E-state index in [1.54, 1.807) is 19.3 Å². The Balaban J connectivity index is 2.03. The number of nitrogens with zero attached hydrogens (tertiary/aromatic N) is 1. The molecule has 7 nitrogen and oxygen atoms in total. The first-order chi connectivity index (χ1) is 13.9. The zero-order chi connectivity index (χ0) is 21.2. The van der Waals surface area contributed by atoms with Gasteiger partial charge in [0.05, 0.1) is 6.04 Å². The normalized spacial score (nSPS) is 17.9. The van der Waals surface area contributed by atoms with Gasteiger partial charge in [-0.15, -0.1) is 0 Å². The Morgan fingerprint density at radius 1 is 1.21 bits per heavy atom. The molecule has 1 aromatic heterocycles. The molecular formula is C22H37N5O2. The molecule has 3 atom stereocenters. The van der Waals surface area contributed by atoms with Crippen LogP contribution < -0.4 is 21.7 Å². The molecule has 1 fully saturated rings. The van der Waals surface area contributed by atoms with E-state index in [0.717, 1.165) is 24.8 Å². The maximum absolute atomic E-state index is 13.0. The maximum Gasteiger partial charge on any atom is 0.242 e. The monoisotopic (exact) mass is 403 g/mol. The van der Waals surface area contributed by atoms with Crippen LogP contribution in [0.3, 0.4) is 0 Å². The molecule has 1 aromatic rings. The van der Waals surface area contributed by atoms with E-state index in [9.17, 15) is 9.59 Å². The van der Waals surface area contributed by atoms with E-state index < -0.39 is 6.04 Å². The van der Waals surface area contributed by atoms with Crippen molar-refractivity contribution >= 4 is 17.6 Å². The van der Waals surface area contributed by atoms with Crippen LogP contribution in [0.15, 0.2) is 18.3 Å². The number of pyridine rings is 1. The molecule has 0 aliphatic heterocycles. The molecule has 1 saturated carbocycles. The lowest BCUT2D eigenvalue weighted by Crippen LogP contribution is -2.54. The molecule has 7 heteroatoms. The van der Waals surface area contributed by atoms with Crippen molar-refractivity contribution in [3.05, 3.63) is 23.9 Å². The molecular weight excluding hydrogens is 366 g/mol. The lowest BCUT2D eigenvalue weighted by Gasteiger charge is -2.29. The molecule has 0 aromatic carbocycles. The van der Waals surface area contributed by atoms with Gasteiger partial charge in [-0.2, -0.15) is 0 Å². The van der Waals surface area contributed by atoms with Gasteiger partial charge in [0.1, 0.15) is 11.9 Å². The van der Waals surface area contributed by atoms with Crippen molar-refractivity contribution in [2.24, 2.45) is 11.8 Å². The first-order valence-corrected chi connectivity index (χ1v) is 10.9. The molecule has 1 heterocycles. The number of carbonyl (C=O) groups excluding carboxylic acids is 2. The number of hydrogen-bond acceptors (Lipinski definition) is 5. The summed E-state index contributed by atoms with van der Waals surface area (Å²) in [6, 6.07) is 2.74. The second-order valence-corrected chi connectivity index (χ2v) is 8.26. The molecule has 162 valence electrons. The zero-order valence-electron chi connectivity index (χ0n) is 18.0. The number of carbonyl (C=O) groups is 2. The molecule has 5 N–H and O–H groups in total. The number of aromatic nitrogens is 1. The lowest BCUT2D eigenvalue weighted by atomic mass is 9.84. The molecule has 0 spiro atoms. The van der Waals surface area contributed by atoms with Crippen LogP contribution in [0.4, 0.5) is 5.82 Å². The highest BCUT2D eigenvalue weighted by Gasteiger charge is 2.29. The molecule has 0 radical (unpaired) electrons. The van der Waals surface area contributed by atoms with Crippen LogP contribution in [0.5, 0.6) is 0 Å². The van der Waals surface area contributed by atoms with Crippen LogP contribution in [-0.4, -0.2) is 35.9 Å². The number of likely N-dealkylation sites (N-methyl/N-ethyl adjacent to an activating group) is 1. The van der Waals surface area contributed by atoms with Crippen molar-refractivity contribution in [3.63, 3.8) is 0 Å². The predicted molar refractivity (Wildman–Crippen MR) is 116 cm³/mol. The quantitative estimate of drug-likeness (QED) is 0.479. The Hall–Kier alpha value is -2.15. The summed E-state index contributed by atoms with van der Waals surface area (Å²) in [7, 11) is 1.79. The van der Waals surface area contributed by atoms with Crippen LogP contribution >= 0.6 is 0 Å². The SMILES string of the molecule is CCC(C)[C@H](NC)C(=O)N[C@@H](CC1CCCCC1)C(=O)NCc1ccc(N)nc1. The minimum absolute atomic E-state index is 0.105. The van der Waals surface area contributed by atoms with Gasteiger partial charge in [0, 0.05) is 12.7 Å². The molecule has 2 rings (SSSR count).